The summed E-state index contributed by atoms with van der Waals surface area (Å²) in [5, 5.41) is 0. The van der Waals surface area contributed by atoms with Crippen LogP contribution in [0.1, 0.15) is 17.1 Å². The largest absolute Gasteiger partial charge is 0.497 e. The molecule has 192 valence electrons. The molecule has 5 rings (SSSR count). The van der Waals surface area contributed by atoms with Gasteiger partial charge < -0.3 is 9.72 Å². The lowest BCUT2D eigenvalue weighted by atomic mass is 10.1. The lowest BCUT2D eigenvalue weighted by Gasteiger charge is -2.34. The van der Waals surface area contributed by atoms with Gasteiger partial charge in [0.1, 0.15) is 11.6 Å². The summed E-state index contributed by atoms with van der Waals surface area (Å²) < 4.78 is 33.7. The second-order valence-electron chi connectivity index (χ2n) is 9.11. The van der Waals surface area contributed by atoms with Gasteiger partial charge in [0.2, 0.25) is 10.0 Å². The first-order valence-corrected chi connectivity index (χ1v) is 13.9. The molecule has 0 amide bonds. The van der Waals surface area contributed by atoms with Crippen LogP contribution in [0, 0.1) is 0 Å². The number of aromatic amines is 1. The van der Waals surface area contributed by atoms with Crippen LogP contribution in [0.4, 0.5) is 0 Å². The summed E-state index contributed by atoms with van der Waals surface area (Å²) in [6, 6.07) is 21.0. The van der Waals surface area contributed by atoms with Crippen molar-refractivity contribution >= 4 is 10.0 Å². The fraction of sp³-hybridized carbons (Fsp3) is 0.286. The number of benzene rings is 2. The number of imidazole rings is 1. The van der Waals surface area contributed by atoms with Crippen molar-refractivity contribution in [2.45, 2.75) is 24.3 Å². The van der Waals surface area contributed by atoms with Crippen molar-refractivity contribution < 1.29 is 13.2 Å². The van der Waals surface area contributed by atoms with Crippen molar-refractivity contribution in [3.63, 3.8) is 0 Å². The fourth-order valence-electron chi connectivity index (χ4n) is 4.55. The van der Waals surface area contributed by atoms with Crippen molar-refractivity contribution in [2.75, 3.05) is 33.3 Å². The van der Waals surface area contributed by atoms with Gasteiger partial charge in [-0.1, -0.05) is 42.5 Å². The van der Waals surface area contributed by atoms with Crippen LogP contribution < -0.4 is 4.74 Å². The van der Waals surface area contributed by atoms with Crippen molar-refractivity contribution in [1.29, 1.82) is 0 Å². The van der Waals surface area contributed by atoms with Crippen LogP contribution in [0.15, 0.2) is 84.0 Å². The summed E-state index contributed by atoms with van der Waals surface area (Å²) in [5.74, 6) is 1.62. The Labute approximate surface area is 218 Å². The van der Waals surface area contributed by atoms with E-state index in [1.54, 1.807) is 35.9 Å². The number of sulfonamides is 1. The normalized spacial score (nSPS) is 15.1. The molecule has 9 heteroatoms. The van der Waals surface area contributed by atoms with Gasteiger partial charge in [-0.25, -0.2) is 13.4 Å². The van der Waals surface area contributed by atoms with Crippen LogP contribution in [0.3, 0.4) is 0 Å². The predicted octanol–water partition coefficient (Wildman–Crippen LogP) is 3.77. The van der Waals surface area contributed by atoms with E-state index in [0.717, 1.165) is 35.7 Å². The Kier molecular flexibility index (Phi) is 7.64. The Hall–Kier alpha value is -3.53. The predicted molar refractivity (Wildman–Crippen MR) is 143 cm³/mol. The monoisotopic (exact) mass is 517 g/mol. The zero-order valence-corrected chi connectivity index (χ0v) is 21.7. The van der Waals surface area contributed by atoms with Gasteiger partial charge in [0.15, 0.2) is 0 Å². The van der Waals surface area contributed by atoms with Crippen molar-refractivity contribution in [2.24, 2.45) is 0 Å². The highest BCUT2D eigenvalue weighted by atomic mass is 32.2. The van der Waals surface area contributed by atoms with Crippen LogP contribution >= 0.6 is 0 Å². The molecule has 1 aliphatic heterocycles. The van der Waals surface area contributed by atoms with Gasteiger partial charge in [0.25, 0.3) is 0 Å². The van der Waals surface area contributed by atoms with Gasteiger partial charge in [-0.05, 0) is 24.1 Å². The Morgan fingerprint density at radius 2 is 1.70 bits per heavy atom. The number of aromatic nitrogens is 3. The van der Waals surface area contributed by atoms with Crippen molar-refractivity contribution in [1.82, 2.24) is 24.2 Å². The van der Waals surface area contributed by atoms with Crippen LogP contribution in [-0.4, -0.2) is 65.9 Å². The summed E-state index contributed by atoms with van der Waals surface area (Å²) in [4.78, 5) is 14.8. The minimum absolute atomic E-state index is 0.300. The third kappa shape index (κ3) is 6.07. The fourth-order valence-corrected chi connectivity index (χ4v) is 5.97. The molecule has 37 heavy (non-hydrogen) atoms. The number of ether oxygens (including phenoxy) is 1. The Bertz CT molecular complexity index is 1400. The summed E-state index contributed by atoms with van der Waals surface area (Å²) in [6.45, 7) is 3.21. The summed E-state index contributed by atoms with van der Waals surface area (Å²) >= 11 is 0. The molecule has 3 heterocycles. The van der Waals surface area contributed by atoms with Crippen molar-refractivity contribution in [3.8, 4) is 17.0 Å². The Balaban J connectivity index is 1.26. The standard InChI is InChI=1S/C28H31N5O3S/c1-36-25-19-24(9-12-28-29-13-14-30-28)31-27(20-25)23-7-10-26(11-8-23)37(34,35)33-17-15-32(16-18-33)21-22-5-3-2-4-6-22/h2-8,10-11,13-14,19-20H,9,12,15-18,21H2,1H3,(H,29,30). The lowest BCUT2D eigenvalue weighted by Crippen LogP contribution is -2.48. The molecule has 1 fully saturated rings. The van der Waals surface area contributed by atoms with E-state index in [1.807, 2.05) is 42.5 Å². The third-order valence-electron chi connectivity index (χ3n) is 6.63. The first-order valence-electron chi connectivity index (χ1n) is 12.4. The molecule has 0 radical (unpaired) electrons. The Morgan fingerprint density at radius 3 is 2.38 bits per heavy atom. The van der Waals surface area contributed by atoms with Crippen LogP contribution in [0.5, 0.6) is 5.75 Å². The van der Waals surface area contributed by atoms with E-state index in [1.165, 1.54) is 5.56 Å². The number of methoxy groups -OCH3 is 1. The summed E-state index contributed by atoms with van der Waals surface area (Å²) in [5.41, 5.74) is 3.71. The van der Waals surface area contributed by atoms with E-state index in [9.17, 15) is 8.42 Å². The van der Waals surface area contributed by atoms with Crippen molar-refractivity contribution in [3.05, 3.63) is 96.2 Å². The number of hydrogen-bond donors (Lipinski definition) is 1. The van der Waals surface area contributed by atoms with Gasteiger partial charge in [-0.2, -0.15) is 4.31 Å². The SMILES string of the molecule is COc1cc(CCc2ncc[nH]2)nc(-c2ccc(S(=O)(=O)N3CCN(Cc4ccccc4)CC3)cc2)c1. The number of nitrogens with one attached hydrogen (secondary N) is 1. The van der Waals surface area contributed by atoms with Crippen LogP contribution in [-0.2, 0) is 29.4 Å². The number of nitrogens with zero attached hydrogens (tertiary/aromatic N) is 4. The molecule has 2 aromatic heterocycles. The van der Waals surface area contributed by atoms with E-state index in [0.29, 0.717) is 43.2 Å². The molecule has 4 aromatic rings. The quantitative estimate of drug-likeness (QED) is 0.363. The molecule has 8 nitrogen and oxygen atoms in total. The molecule has 0 unspecified atom stereocenters. The highest BCUT2D eigenvalue weighted by molar-refractivity contribution is 7.89. The molecule has 0 bridgehead atoms. The first-order chi connectivity index (χ1) is 18.0. The molecule has 0 saturated carbocycles. The minimum atomic E-state index is -3.56. The highest BCUT2D eigenvalue weighted by Crippen LogP contribution is 2.26. The number of piperazine rings is 1. The third-order valence-corrected chi connectivity index (χ3v) is 8.54. The first kappa shape index (κ1) is 25.1. The number of H-pyrrole nitrogens is 1. The van der Waals surface area contributed by atoms with E-state index in [2.05, 4.69) is 27.0 Å². The van der Waals surface area contributed by atoms with E-state index < -0.39 is 10.0 Å². The van der Waals surface area contributed by atoms with E-state index in [4.69, 9.17) is 9.72 Å². The molecular formula is C28H31N5O3S. The maximum absolute atomic E-state index is 13.3. The number of hydrogen-bond acceptors (Lipinski definition) is 6. The maximum atomic E-state index is 13.3. The number of pyridine rings is 1. The molecule has 0 atom stereocenters. The topological polar surface area (TPSA) is 91.4 Å². The maximum Gasteiger partial charge on any atom is 0.243 e. The summed E-state index contributed by atoms with van der Waals surface area (Å²) in [6.07, 6.45) is 4.99. The molecule has 0 aliphatic carbocycles. The van der Waals surface area contributed by atoms with Gasteiger partial charge in [0.05, 0.1) is 17.7 Å². The molecule has 0 spiro atoms. The van der Waals surface area contributed by atoms with Gasteiger partial charge >= 0.3 is 0 Å². The average molecular weight is 518 g/mol. The lowest BCUT2D eigenvalue weighted by molar-refractivity contribution is 0.181. The molecule has 1 N–H and O–H groups in total. The molecular weight excluding hydrogens is 486 g/mol. The second-order valence-corrected chi connectivity index (χ2v) is 11.0. The molecule has 1 aliphatic rings. The van der Waals surface area contributed by atoms with Gasteiger partial charge in [0, 0.05) is 74.9 Å². The van der Waals surface area contributed by atoms with Gasteiger partial charge in [-0.15, -0.1) is 0 Å². The van der Waals surface area contributed by atoms with E-state index in [-0.39, 0.29) is 0 Å². The average Bonchev–Trinajstić information content (AvgIpc) is 3.46. The Morgan fingerprint density at radius 1 is 0.946 bits per heavy atom. The minimum Gasteiger partial charge on any atom is -0.497 e. The van der Waals surface area contributed by atoms with Gasteiger partial charge in [-0.3, -0.25) is 9.88 Å². The van der Waals surface area contributed by atoms with E-state index >= 15 is 0 Å². The molecule has 1 saturated heterocycles. The smallest absolute Gasteiger partial charge is 0.243 e. The summed E-state index contributed by atoms with van der Waals surface area (Å²) in [7, 11) is -1.93. The zero-order chi connectivity index (χ0) is 25.7. The number of rotatable bonds is 9. The van der Waals surface area contributed by atoms with Crippen LogP contribution in [0.2, 0.25) is 0 Å². The number of aryl methyl sites for hydroxylation is 2. The zero-order valence-electron chi connectivity index (χ0n) is 20.9. The van der Waals surface area contributed by atoms with Crippen LogP contribution in [0.25, 0.3) is 11.3 Å². The second kappa shape index (κ2) is 11.2. The highest BCUT2D eigenvalue weighted by Gasteiger charge is 2.28. The molecule has 2 aromatic carbocycles.